The molecule has 2 rings (SSSR count). The minimum absolute atomic E-state index is 0.150. The fourth-order valence-corrected chi connectivity index (χ4v) is 1.71. The van der Waals surface area contributed by atoms with E-state index in [1.807, 2.05) is 6.92 Å². The number of hydrogen-bond acceptors (Lipinski definition) is 4. The van der Waals surface area contributed by atoms with Gasteiger partial charge in [0.05, 0.1) is 11.4 Å². The highest BCUT2D eigenvalue weighted by molar-refractivity contribution is 5.54. The minimum Gasteiger partial charge on any atom is -0.436 e. The Morgan fingerprint density at radius 3 is 2.61 bits per heavy atom. The number of aromatic nitrogens is 1. The number of benzene rings is 1. The highest BCUT2D eigenvalue weighted by atomic mass is 19.1. The minimum atomic E-state index is -0.421. The molecule has 0 bridgehead atoms. The van der Waals surface area contributed by atoms with E-state index in [1.54, 1.807) is 31.2 Å². The highest BCUT2D eigenvalue weighted by Crippen LogP contribution is 2.27. The molecule has 1 aromatic heterocycles. The number of nitrogens with one attached hydrogen (secondary N) is 1. The van der Waals surface area contributed by atoms with Gasteiger partial charge in [-0.3, -0.25) is 5.84 Å². The maximum Gasteiger partial charge on any atom is 0.219 e. The topological polar surface area (TPSA) is 60.2 Å². The van der Waals surface area contributed by atoms with Gasteiger partial charge >= 0.3 is 0 Å². The van der Waals surface area contributed by atoms with Crippen molar-refractivity contribution in [1.29, 1.82) is 0 Å². The van der Waals surface area contributed by atoms with Gasteiger partial charge in [0.2, 0.25) is 5.88 Å². The molecule has 0 atom stereocenters. The smallest absolute Gasteiger partial charge is 0.219 e. The van der Waals surface area contributed by atoms with Gasteiger partial charge < -0.3 is 10.2 Å². The molecule has 0 aliphatic heterocycles. The number of nitrogens with two attached hydrogens (primary N) is 1. The number of hydrogen-bond donors (Lipinski definition) is 2. The van der Waals surface area contributed by atoms with Gasteiger partial charge in [-0.05, 0) is 31.5 Å². The van der Waals surface area contributed by atoms with Gasteiger partial charge in [-0.15, -0.1) is 0 Å². The molecule has 5 heteroatoms. The molecule has 1 heterocycles. The van der Waals surface area contributed by atoms with E-state index in [-0.39, 0.29) is 5.75 Å². The summed E-state index contributed by atoms with van der Waals surface area (Å²) in [5, 5.41) is 0. The average molecular weight is 247 g/mol. The fourth-order valence-electron chi connectivity index (χ4n) is 1.71. The molecule has 0 aliphatic rings. The normalized spacial score (nSPS) is 10.2. The molecule has 4 nitrogen and oxygen atoms in total. The molecule has 0 radical (unpaired) electrons. The van der Waals surface area contributed by atoms with Gasteiger partial charge in [-0.25, -0.2) is 9.37 Å². The predicted molar refractivity (Wildman–Crippen MR) is 68.0 cm³/mol. The summed E-state index contributed by atoms with van der Waals surface area (Å²) in [6.45, 7) is 3.68. The number of anilines is 1. The summed E-state index contributed by atoms with van der Waals surface area (Å²) in [6, 6.07) is 7.90. The van der Waals surface area contributed by atoms with E-state index in [9.17, 15) is 4.39 Å². The fraction of sp³-hybridized carbons (Fsp3) is 0.154. The number of pyridine rings is 1. The van der Waals surface area contributed by atoms with Gasteiger partial charge in [0, 0.05) is 6.07 Å². The number of halogens is 1. The van der Waals surface area contributed by atoms with Crippen molar-refractivity contribution in [3.05, 3.63) is 47.4 Å². The first kappa shape index (κ1) is 12.3. The van der Waals surface area contributed by atoms with Crippen LogP contribution in [0.1, 0.15) is 11.3 Å². The van der Waals surface area contributed by atoms with Crippen LogP contribution in [0.5, 0.6) is 11.6 Å². The van der Waals surface area contributed by atoms with E-state index in [0.717, 1.165) is 11.3 Å². The van der Waals surface area contributed by atoms with Crippen LogP contribution >= 0.6 is 0 Å². The molecule has 0 aliphatic carbocycles. The van der Waals surface area contributed by atoms with Crippen LogP contribution in [0.4, 0.5) is 10.1 Å². The van der Waals surface area contributed by atoms with Crippen LogP contribution < -0.4 is 16.0 Å². The number of rotatable bonds is 3. The standard InChI is InChI=1S/C13H14FN3O/c1-8-7-12(16-9(2)13(8)17-15)18-11-6-4-3-5-10(11)14/h3-7,17H,15H2,1-2H3. The Kier molecular flexibility index (Phi) is 3.43. The summed E-state index contributed by atoms with van der Waals surface area (Å²) < 4.78 is 18.9. The molecule has 0 saturated carbocycles. The van der Waals surface area contributed by atoms with Gasteiger partial charge in [-0.1, -0.05) is 12.1 Å². The van der Waals surface area contributed by atoms with Crippen molar-refractivity contribution < 1.29 is 9.13 Å². The van der Waals surface area contributed by atoms with E-state index in [2.05, 4.69) is 10.4 Å². The molecular weight excluding hydrogens is 233 g/mol. The van der Waals surface area contributed by atoms with Crippen LogP contribution in [0.3, 0.4) is 0 Å². The highest BCUT2D eigenvalue weighted by Gasteiger charge is 2.09. The number of ether oxygens (including phenoxy) is 1. The average Bonchev–Trinajstić information content (AvgIpc) is 2.32. The second kappa shape index (κ2) is 5.01. The Hall–Kier alpha value is -2.14. The largest absolute Gasteiger partial charge is 0.436 e. The Labute approximate surface area is 105 Å². The van der Waals surface area contributed by atoms with Crippen molar-refractivity contribution in [2.24, 2.45) is 5.84 Å². The Morgan fingerprint density at radius 1 is 1.28 bits per heavy atom. The lowest BCUT2D eigenvalue weighted by molar-refractivity contribution is 0.426. The second-order valence-corrected chi connectivity index (χ2v) is 3.91. The van der Waals surface area contributed by atoms with Crippen LogP contribution in [0.15, 0.2) is 30.3 Å². The first-order chi connectivity index (χ1) is 8.61. The van der Waals surface area contributed by atoms with Gasteiger partial charge in [0.1, 0.15) is 0 Å². The molecule has 0 amide bonds. The molecule has 18 heavy (non-hydrogen) atoms. The summed E-state index contributed by atoms with van der Waals surface area (Å²) in [7, 11) is 0. The second-order valence-electron chi connectivity index (χ2n) is 3.91. The maximum atomic E-state index is 13.4. The van der Waals surface area contributed by atoms with Crippen LogP contribution in [-0.2, 0) is 0 Å². The zero-order valence-electron chi connectivity index (χ0n) is 10.2. The number of aryl methyl sites for hydroxylation is 2. The quantitative estimate of drug-likeness (QED) is 0.646. The summed E-state index contributed by atoms with van der Waals surface area (Å²) in [6.07, 6.45) is 0. The molecule has 0 saturated heterocycles. The Morgan fingerprint density at radius 2 is 2.00 bits per heavy atom. The third-order valence-electron chi connectivity index (χ3n) is 2.57. The summed E-state index contributed by atoms with van der Waals surface area (Å²) in [4.78, 5) is 4.21. The third kappa shape index (κ3) is 2.41. The van der Waals surface area contributed by atoms with Crippen molar-refractivity contribution >= 4 is 5.69 Å². The molecule has 2 aromatic rings. The van der Waals surface area contributed by atoms with Crippen molar-refractivity contribution in [2.45, 2.75) is 13.8 Å². The summed E-state index contributed by atoms with van der Waals surface area (Å²) in [5.41, 5.74) is 4.90. The number of para-hydroxylation sites is 1. The van der Waals surface area contributed by atoms with E-state index in [1.165, 1.54) is 6.07 Å². The molecular formula is C13H14FN3O. The van der Waals surface area contributed by atoms with E-state index in [4.69, 9.17) is 10.6 Å². The molecule has 0 spiro atoms. The molecule has 94 valence electrons. The zero-order chi connectivity index (χ0) is 13.1. The van der Waals surface area contributed by atoms with Gasteiger partial charge in [-0.2, -0.15) is 0 Å². The van der Waals surface area contributed by atoms with E-state index in [0.29, 0.717) is 11.6 Å². The van der Waals surface area contributed by atoms with Crippen LogP contribution in [-0.4, -0.2) is 4.98 Å². The first-order valence-electron chi connectivity index (χ1n) is 5.49. The lowest BCUT2D eigenvalue weighted by atomic mass is 10.2. The van der Waals surface area contributed by atoms with Crippen LogP contribution in [0.25, 0.3) is 0 Å². The van der Waals surface area contributed by atoms with Crippen LogP contribution in [0, 0.1) is 19.7 Å². The summed E-state index contributed by atoms with van der Waals surface area (Å²) in [5.74, 6) is 5.46. The SMILES string of the molecule is Cc1cc(Oc2ccccc2F)nc(C)c1NN. The van der Waals surface area contributed by atoms with E-state index < -0.39 is 5.82 Å². The first-order valence-corrected chi connectivity index (χ1v) is 5.49. The predicted octanol–water partition coefficient (Wildman–Crippen LogP) is 2.92. The third-order valence-corrected chi connectivity index (χ3v) is 2.57. The molecule has 3 N–H and O–H groups in total. The van der Waals surface area contributed by atoms with Gasteiger partial charge in [0.25, 0.3) is 0 Å². The monoisotopic (exact) mass is 247 g/mol. The zero-order valence-corrected chi connectivity index (χ0v) is 10.2. The maximum absolute atomic E-state index is 13.4. The lowest BCUT2D eigenvalue weighted by Gasteiger charge is -2.11. The molecule has 1 aromatic carbocycles. The summed E-state index contributed by atoms with van der Waals surface area (Å²) >= 11 is 0. The number of nitrogen functional groups attached to an aromatic ring is 1. The number of hydrazine groups is 1. The molecule has 0 unspecified atom stereocenters. The Bertz CT molecular complexity index is 549. The number of nitrogens with zero attached hydrogens (tertiary/aromatic N) is 1. The van der Waals surface area contributed by atoms with E-state index >= 15 is 0 Å². The Balaban J connectivity index is 2.34. The van der Waals surface area contributed by atoms with Crippen molar-refractivity contribution in [3.8, 4) is 11.6 Å². The van der Waals surface area contributed by atoms with Crippen molar-refractivity contribution in [3.63, 3.8) is 0 Å². The molecule has 0 fully saturated rings. The van der Waals surface area contributed by atoms with Crippen molar-refractivity contribution in [1.82, 2.24) is 4.98 Å². The van der Waals surface area contributed by atoms with Gasteiger partial charge in [0.15, 0.2) is 11.6 Å². The van der Waals surface area contributed by atoms with Crippen molar-refractivity contribution in [2.75, 3.05) is 5.43 Å². The lowest BCUT2D eigenvalue weighted by Crippen LogP contribution is -2.11. The van der Waals surface area contributed by atoms with Crippen LogP contribution in [0.2, 0.25) is 0 Å².